The highest BCUT2D eigenvalue weighted by atomic mass is 28.1. The van der Waals surface area contributed by atoms with Crippen LogP contribution in [0.5, 0.6) is 0 Å². The minimum absolute atomic E-state index is 0. The van der Waals surface area contributed by atoms with Crippen LogP contribution < -0.4 is 0 Å². The Morgan fingerprint density at radius 1 is 1.00 bits per heavy atom. The van der Waals surface area contributed by atoms with Gasteiger partial charge in [0.2, 0.25) is 0 Å². The van der Waals surface area contributed by atoms with Gasteiger partial charge >= 0.3 is 0 Å². The van der Waals surface area contributed by atoms with E-state index in [0.29, 0.717) is 0 Å². The van der Waals surface area contributed by atoms with E-state index in [1.54, 1.807) is 0 Å². The third-order valence-electron chi connectivity index (χ3n) is 0.940. The van der Waals surface area contributed by atoms with Crippen molar-refractivity contribution in [1.82, 2.24) is 0 Å². The van der Waals surface area contributed by atoms with Crippen molar-refractivity contribution in [2.24, 2.45) is 0 Å². The molecule has 44 valence electrons. The van der Waals surface area contributed by atoms with E-state index in [4.69, 9.17) is 0 Å². The maximum absolute atomic E-state index is 2.08. The first-order valence-electron chi connectivity index (χ1n) is 2.41. The molecular weight excluding hydrogens is 112 g/mol. The van der Waals surface area contributed by atoms with Gasteiger partial charge in [-0.25, -0.2) is 0 Å². The summed E-state index contributed by atoms with van der Waals surface area (Å²) in [6.07, 6.45) is 0. The third kappa shape index (κ3) is 1.94. The van der Waals surface area contributed by atoms with E-state index >= 15 is 0 Å². The van der Waals surface area contributed by atoms with Crippen molar-refractivity contribution in [3.63, 3.8) is 0 Å². The topological polar surface area (TPSA) is 0 Å². The van der Waals surface area contributed by atoms with Crippen LogP contribution in [0, 0.1) is 6.92 Å². The Bertz CT molecular complexity index is 134. The summed E-state index contributed by atoms with van der Waals surface area (Å²) in [6, 6.07) is 10.3. The fraction of sp³-hybridized carbons (Fsp3) is 0.143. The molecular formula is C7H12Si. The van der Waals surface area contributed by atoms with Gasteiger partial charge in [-0.3, -0.25) is 0 Å². The van der Waals surface area contributed by atoms with Crippen molar-refractivity contribution in [2.45, 2.75) is 6.92 Å². The van der Waals surface area contributed by atoms with E-state index in [-0.39, 0.29) is 11.0 Å². The van der Waals surface area contributed by atoms with E-state index in [2.05, 4.69) is 19.1 Å². The second kappa shape index (κ2) is 3.44. The molecule has 1 aromatic rings. The lowest BCUT2D eigenvalue weighted by molar-refractivity contribution is 1.48. The van der Waals surface area contributed by atoms with Crippen LogP contribution >= 0.6 is 0 Å². The Kier molecular flexibility index (Phi) is 3.20. The standard InChI is InChI=1S/C7H8.H4Si/c1-7-5-3-2-4-6-7;/h2-6H,1H3;1H4. The van der Waals surface area contributed by atoms with Crippen LogP contribution in [0.25, 0.3) is 0 Å². The molecule has 0 nitrogen and oxygen atoms in total. The maximum Gasteiger partial charge on any atom is -0.0149 e. The summed E-state index contributed by atoms with van der Waals surface area (Å²) in [5.74, 6) is 0. The Morgan fingerprint density at radius 3 is 1.75 bits per heavy atom. The zero-order valence-corrected chi connectivity index (χ0v) is 4.39. The van der Waals surface area contributed by atoms with Crippen LogP contribution in [0.3, 0.4) is 0 Å². The minimum Gasteiger partial charge on any atom is -0.0622 e. The highest BCUT2D eigenvalue weighted by Gasteiger charge is 1.72. The smallest absolute Gasteiger partial charge is 0.0149 e. The predicted molar refractivity (Wildman–Crippen MR) is 42.5 cm³/mol. The van der Waals surface area contributed by atoms with Gasteiger partial charge in [0.1, 0.15) is 0 Å². The Morgan fingerprint density at radius 2 is 1.50 bits per heavy atom. The van der Waals surface area contributed by atoms with Crippen LogP contribution in [0.1, 0.15) is 5.56 Å². The average molecular weight is 124 g/mol. The molecule has 0 aromatic heterocycles. The summed E-state index contributed by atoms with van der Waals surface area (Å²) >= 11 is 0. The van der Waals surface area contributed by atoms with Crippen molar-refractivity contribution < 1.29 is 0 Å². The lowest BCUT2D eigenvalue weighted by atomic mass is 10.2. The molecule has 0 bridgehead atoms. The van der Waals surface area contributed by atoms with Crippen molar-refractivity contribution in [3.8, 4) is 0 Å². The molecule has 0 N–H and O–H groups in total. The predicted octanol–water partition coefficient (Wildman–Crippen LogP) is 0.543. The largest absolute Gasteiger partial charge is 0.0622 e. The van der Waals surface area contributed by atoms with Gasteiger partial charge in [-0.1, -0.05) is 35.9 Å². The summed E-state index contributed by atoms with van der Waals surface area (Å²) in [5.41, 5.74) is 1.32. The van der Waals surface area contributed by atoms with Crippen molar-refractivity contribution in [2.75, 3.05) is 0 Å². The lowest BCUT2D eigenvalue weighted by Gasteiger charge is -1.82. The molecule has 0 unspecified atom stereocenters. The first-order valence-corrected chi connectivity index (χ1v) is 2.41. The number of aryl methyl sites for hydroxylation is 1. The summed E-state index contributed by atoms with van der Waals surface area (Å²) in [5, 5.41) is 0. The quantitative estimate of drug-likeness (QED) is 0.443. The molecule has 0 heterocycles. The molecule has 0 aliphatic heterocycles. The number of hydrogen-bond acceptors (Lipinski definition) is 0. The molecule has 0 spiro atoms. The van der Waals surface area contributed by atoms with E-state index in [1.165, 1.54) is 5.56 Å². The Balaban J connectivity index is 0.000000490. The van der Waals surface area contributed by atoms with Crippen LogP contribution in [-0.4, -0.2) is 11.0 Å². The molecule has 1 rings (SSSR count). The first kappa shape index (κ1) is 7.44. The second-order valence-electron chi connectivity index (χ2n) is 1.65. The Labute approximate surface area is 54.6 Å². The van der Waals surface area contributed by atoms with Gasteiger partial charge in [0, 0.05) is 0 Å². The molecule has 0 atom stereocenters. The first-order chi connectivity index (χ1) is 3.39. The summed E-state index contributed by atoms with van der Waals surface area (Å²) in [6.45, 7) is 2.08. The second-order valence-corrected chi connectivity index (χ2v) is 1.65. The molecule has 8 heavy (non-hydrogen) atoms. The SMILES string of the molecule is Cc1ccccc1.[SiH4]. The van der Waals surface area contributed by atoms with Gasteiger partial charge in [0.25, 0.3) is 0 Å². The molecule has 0 radical (unpaired) electrons. The van der Waals surface area contributed by atoms with Gasteiger partial charge in [0.05, 0.1) is 0 Å². The summed E-state index contributed by atoms with van der Waals surface area (Å²) in [4.78, 5) is 0. The van der Waals surface area contributed by atoms with Crippen LogP contribution in [-0.2, 0) is 0 Å². The third-order valence-corrected chi connectivity index (χ3v) is 0.940. The molecule has 0 saturated heterocycles. The zero-order chi connectivity index (χ0) is 5.11. The van der Waals surface area contributed by atoms with Gasteiger partial charge in [-0.05, 0) is 17.9 Å². The zero-order valence-electron chi connectivity index (χ0n) is 4.39. The van der Waals surface area contributed by atoms with Crippen LogP contribution in [0.15, 0.2) is 30.3 Å². The molecule has 0 saturated carbocycles. The molecule has 0 amide bonds. The fourth-order valence-corrected chi connectivity index (χ4v) is 0.534. The monoisotopic (exact) mass is 124 g/mol. The van der Waals surface area contributed by atoms with E-state index < -0.39 is 0 Å². The van der Waals surface area contributed by atoms with Crippen LogP contribution in [0.4, 0.5) is 0 Å². The minimum atomic E-state index is 0. The molecule has 0 fully saturated rings. The number of benzene rings is 1. The normalized spacial score (nSPS) is 7.62. The van der Waals surface area contributed by atoms with E-state index in [0.717, 1.165) is 0 Å². The van der Waals surface area contributed by atoms with Gasteiger partial charge in [-0.2, -0.15) is 0 Å². The van der Waals surface area contributed by atoms with Crippen molar-refractivity contribution in [3.05, 3.63) is 35.9 Å². The van der Waals surface area contributed by atoms with Gasteiger partial charge in [-0.15, -0.1) is 0 Å². The number of rotatable bonds is 0. The molecule has 0 aliphatic rings. The molecule has 1 aromatic carbocycles. The van der Waals surface area contributed by atoms with Crippen LogP contribution in [0.2, 0.25) is 0 Å². The highest BCUT2D eigenvalue weighted by molar-refractivity contribution is 5.75. The average Bonchev–Trinajstić information content (AvgIpc) is 1.69. The summed E-state index contributed by atoms with van der Waals surface area (Å²) < 4.78 is 0. The van der Waals surface area contributed by atoms with E-state index in [9.17, 15) is 0 Å². The molecule has 0 aliphatic carbocycles. The van der Waals surface area contributed by atoms with Gasteiger partial charge in [0.15, 0.2) is 0 Å². The lowest BCUT2D eigenvalue weighted by Crippen LogP contribution is -1.62. The van der Waals surface area contributed by atoms with Gasteiger partial charge < -0.3 is 0 Å². The van der Waals surface area contributed by atoms with E-state index in [1.807, 2.05) is 18.2 Å². The van der Waals surface area contributed by atoms with Crippen molar-refractivity contribution in [1.29, 1.82) is 0 Å². The summed E-state index contributed by atoms with van der Waals surface area (Å²) in [7, 11) is 0. The van der Waals surface area contributed by atoms with Crippen molar-refractivity contribution >= 4 is 11.0 Å². The fourth-order valence-electron chi connectivity index (χ4n) is 0.534. The molecule has 1 heteroatoms. The highest BCUT2D eigenvalue weighted by Crippen LogP contribution is 1.92. The Hall–Kier alpha value is -0.563. The maximum atomic E-state index is 2.08. The number of hydrogen-bond donors (Lipinski definition) is 0.